The summed E-state index contributed by atoms with van der Waals surface area (Å²) in [6, 6.07) is 11.8. The van der Waals surface area contributed by atoms with Crippen LogP contribution in [0.15, 0.2) is 54.9 Å². The van der Waals surface area contributed by atoms with Gasteiger partial charge in [0.15, 0.2) is 0 Å². The molecule has 4 aromatic rings. The van der Waals surface area contributed by atoms with Crippen molar-refractivity contribution in [2.75, 3.05) is 64.1 Å². The van der Waals surface area contributed by atoms with Crippen molar-refractivity contribution in [1.29, 1.82) is 0 Å². The Balaban J connectivity index is 1.29. The van der Waals surface area contributed by atoms with Crippen LogP contribution < -0.4 is 25.8 Å². The van der Waals surface area contributed by atoms with Crippen LogP contribution in [0.4, 0.5) is 27.3 Å². The van der Waals surface area contributed by atoms with Crippen LogP contribution in [-0.2, 0) is 0 Å². The van der Waals surface area contributed by atoms with E-state index in [-0.39, 0.29) is 11.3 Å². The van der Waals surface area contributed by atoms with Gasteiger partial charge in [0.1, 0.15) is 29.7 Å². The van der Waals surface area contributed by atoms with Crippen molar-refractivity contribution in [1.82, 2.24) is 19.8 Å². The maximum Gasteiger partial charge on any atom is 0.253 e. The number of aromatic amines is 1. The Bertz CT molecular complexity index is 1470. The number of primary amides is 1. The molecule has 1 aliphatic heterocycles. The number of H-pyrrole nitrogens is 1. The molecule has 0 aliphatic carbocycles. The van der Waals surface area contributed by atoms with E-state index in [0.29, 0.717) is 23.9 Å². The van der Waals surface area contributed by atoms with E-state index in [2.05, 4.69) is 37.4 Å². The molecule has 10 nitrogen and oxygen atoms in total. The van der Waals surface area contributed by atoms with Gasteiger partial charge in [-0.1, -0.05) is 6.07 Å². The normalized spacial score (nSPS) is 14.3. The first kappa shape index (κ1) is 26.3. The molecular formula is C28H32FN7O3. The Labute approximate surface area is 225 Å². The summed E-state index contributed by atoms with van der Waals surface area (Å²) in [4.78, 5) is 24.1. The number of benzene rings is 2. The van der Waals surface area contributed by atoms with Gasteiger partial charge in [-0.15, -0.1) is 0 Å². The summed E-state index contributed by atoms with van der Waals surface area (Å²) in [5.41, 5.74) is 7.52. The number of methoxy groups -OCH3 is 1. The van der Waals surface area contributed by atoms with E-state index in [1.165, 1.54) is 12.1 Å². The van der Waals surface area contributed by atoms with Crippen LogP contribution >= 0.6 is 0 Å². The fourth-order valence-corrected chi connectivity index (χ4v) is 4.62. The van der Waals surface area contributed by atoms with Crippen molar-refractivity contribution in [2.24, 2.45) is 5.73 Å². The minimum absolute atomic E-state index is 0.209. The van der Waals surface area contributed by atoms with Crippen LogP contribution in [0.1, 0.15) is 10.4 Å². The van der Waals surface area contributed by atoms with Crippen LogP contribution in [0.5, 0.6) is 11.5 Å². The molecule has 1 amide bonds. The second kappa shape index (κ2) is 11.6. The largest absolute Gasteiger partial charge is 0.494 e. The number of nitrogens with one attached hydrogen (secondary N) is 3. The number of piperazine rings is 1. The molecule has 1 aliphatic rings. The quantitative estimate of drug-likeness (QED) is 0.242. The Morgan fingerprint density at radius 1 is 1.08 bits per heavy atom. The number of carbonyl (C=O) groups is 1. The van der Waals surface area contributed by atoms with Crippen molar-refractivity contribution in [3.05, 3.63) is 66.2 Å². The van der Waals surface area contributed by atoms with Crippen molar-refractivity contribution in [2.45, 2.75) is 0 Å². The molecule has 2 aromatic heterocycles. The van der Waals surface area contributed by atoms with E-state index in [1.54, 1.807) is 25.6 Å². The molecule has 0 atom stereocenters. The maximum atomic E-state index is 14.2. The third kappa shape index (κ3) is 6.05. The Hall–Kier alpha value is -4.35. The summed E-state index contributed by atoms with van der Waals surface area (Å²) in [6.07, 6.45) is 3.28. The van der Waals surface area contributed by atoms with Crippen molar-refractivity contribution >= 4 is 39.7 Å². The predicted octanol–water partition coefficient (Wildman–Crippen LogP) is 3.92. The molecule has 39 heavy (non-hydrogen) atoms. The van der Waals surface area contributed by atoms with E-state index in [1.807, 2.05) is 24.3 Å². The standard InChI is InChI=1S/C28H32FN7O3/c1-35-8-10-36(11-9-35)12-13-39-18-6-7-21(25(14-18)38-2)33-26-15-19-23(16-31-17-24(19)34-26)32-22-5-3-4-20(29)27(22)28(30)37/h3-7,14-17,32-34H,8-13H2,1-2H3,(H2,30,37). The number of nitrogens with two attached hydrogens (primary N) is 1. The number of rotatable bonds is 10. The first-order valence-electron chi connectivity index (χ1n) is 12.7. The third-order valence-corrected chi connectivity index (χ3v) is 6.79. The molecule has 204 valence electrons. The Morgan fingerprint density at radius 2 is 1.90 bits per heavy atom. The van der Waals surface area contributed by atoms with Gasteiger partial charge in [-0.2, -0.15) is 0 Å². The maximum absolute atomic E-state index is 14.2. The van der Waals surface area contributed by atoms with Gasteiger partial charge in [0.25, 0.3) is 5.91 Å². The van der Waals surface area contributed by atoms with Crippen LogP contribution in [-0.4, -0.2) is 79.2 Å². The number of anilines is 4. The number of fused-ring (bicyclic) bond motifs is 1. The minimum Gasteiger partial charge on any atom is -0.494 e. The number of halogens is 1. The average molecular weight is 534 g/mol. The highest BCUT2D eigenvalue weighted by molar-refractivity contribution is 6.02. The first-order chi connectivity index (χ1) is 18.9. The molecule has 5 rings (SSSR count). The van der Waals surface area contributed by atoms with Gasteiger partial charge in [0.2, 0.25) is 0 Å². The summed E-state index contributed by atoms with van der Waals surface area (Å²) < 4.78 is 25.8. The number of hydrogen-bond acceptors (Lipinski definition) is 8. The van der Waals surface area contributed by atoms with Crippen LogP contribution in [0.25, 0.3) is 10.9 Å². The molecule has 0 saturated carbocycles. The number of nitrogens with zero attached hydrogens (tertiary/aromatic N) is 3. The first-order valence-corrected chi connectivity index (χ1v) is 12.7. The van der Waals surface area contributed by atoms with Crippen molar-refractivity contribution < 1.29 is 18.7 Å². The topological polar surface area (TPSA) is 121 Å². The van der Waals surface area contributed by atoms with Gasteiger partial charge < -0.3 is 35.7 Å². The van der Waals surface area contributed by atoms with Gasteiger partial charge in [-0.05, 0) is 37.4 Å². The van der Waals surface area contributed by atoms with Crippen LogP contribution in [0.2, 0.25) is 0 Å². The Kier molecular flexibility index (Phi) is 7.80. The molecule has 1 fully saturated rings. The zero-order valence-corrected chi connectivity index (χ0v) is 22.0. The predicted molar refractivity (Wildman–Crippen MR) is 150 cm³/mol. The highest BCUT2D eigenvalue weighted by atomic mass is 19.1. The van der Waals surface area contributed by atoms with Gasteiger partial charge in [-0.25, -0.2) is 4.39 Å². The second-order valence-electron chi connectivity index (χ2n) is 9.46. The fraction of sp³-hybridized carbons (Fsp3) is 0.286. The molecule has 11 heteroatoms. The van der Waals surface area contributed by atoms with Gasteiger partial charge in [-0.3, -0.25) is 14.7 Å². The van der Waals surface area contributed by atoms with E-state index in [9.17, 15) is 9.18 Å². The lowest BCUT2D eigenvalue weighted by atomic mass is 10.1. The minimum atomic E-state index is -0.856. The van der Waals surface area contributed by atoms with Gasteiger partial charge in [0.05, 0.1) is 47.6 Å². The van der Waals surface area contributed by atoms with Crippen LogP contribution in [0, 0.1) is 5.82 Å². The lowest BCUT2D eigenvalue weighted by molar-refractivity contribution is 0.0997. The molecule has 5 N–H and O–H groups in total. The molecule has 0 bridgehead atoms. The van der Waals surface area contributed by atoms with E-state index in [4.69, 9.17) is 15.2 Å². The van der Waals surface area contributed by atoms with E-state index < -0.39 is 11.7 Å². The highest BCUT2D eigenvalue weighted by Gasteiger charge is 2.17. The zero-order chi connectivity index (χ0) is 27.4. The molecule has 0 unspecified atom stereocenters. The summed E-state index contributed by atoms with van der Waals surface area (Å²) in [5, 5.41) is 7.22. The Morgan fingerprint density at radius 3 is 2.67 bits per heavy atom. The summed E-state index contributed by atoms with van der Waals surface area (Å²) >= 11 is 0. The second-order valence-corrected chi connectivity index (χ2v) is 9.46. The summed E-state index contributed by atoms with van der Waals surface area (Å²) in [7, 11) is 3.76. The number of likely N-dealkylation sites (N-methyl/N-ethyl adjacent to an activating group) is 1. The van der Waals surface area contributed by atoms with E-state index >= 15 is 0 Å². The average Bonchev–Trinajstić information content (AvgIpc) is 3.34. The molecule has 2 aromatic carbocycles. The number of amides is 1. The number of carbonyl (C=O) groups excluding carboxylic acids is 1. The number of aromatic nitrogens is 2. The van der Waals surface area contributed by atoms with E-state index in [0.717, 1.165) is 55.1 Å². The van der Waals surface area contributed by atoms with Crippen LogP contribution in [0.3, 0.4) is 0 Å². The number of hydrogen-bond donors (Lipinski definition) is 4. The lowest BCUT2D eigenvalue weighted by Crippen LogP contribution is -2.45. The summed E-state index contributed by atoms with van der Waals surface area (Å²) in [6.45, 7) is 5.75. The smallest absolute Gasteiger partial charge is 0.253 e. The molecule has 0 radical (unpaired) electrons. The fourth-order valence-electron chi connectivity index (χ4n) is 4.62. The monoisotopic (exact) mass is 533 g/mol. The number of ether oxygens (including phenoxy) is 2. The molecule has 3 heterocycles. The van der Waals surface area contributed by atoms with Crippen molar-refractivity contribution in [3.8, 4) is 11.5 Å². The molecule has 0 spiro atoms. The zero-order valence-electron chi connectivity index (χ0n) is 22.0. The van der Waals surface area contributed by atoms with Gasteiger partial charge >= 0.3 is 0 Å². The number of pyridine rings is 1. The molecule has 1 saturated heterocycles. The summed E-state index contributed by atoms with van der Waals surface area (Å²) in [5.74, 6) is 0.513. The molecular weight excluding hydrogens is 501 g/mol. The van der Waals surface area contributed by atoms with Gasteiger partial charge in [0, 0.05) is 44.2 Å². The highest BCUT2D eigenvalue weighted by Crippen LogP contribution is 2.34. The SMILES string of the molecule is COc1cc(OCCN2CCN(C)CC2)ccc1Nc1cc2c(Nc3cccc(F)c3C(N)=O)cncc2[nH]1. The third-order valence-electron chi connectivity index (χ3n) is 6.79. The lowest BCUT2D eigenvalue weighted by Gasteiger charge is -2.32. The van der Waals surface area contributed by atoms with Crippen molar-refractivity contribution in [3.63, 3.8) is 0 Å².